The van der Waals surface area contributed by atoms with Crippen molar-refractivity contribution in [3.63, 3.8) is 0 Å². The summed E-state index contributed by atoms with van der Waals surface area (Å²) in [5.41, 5.74) is 2.48. The monoisotopic (exact) mass is 394 g/mol. The fourth-order valence-corrected chi connectivity index (χ4v) is 2.76. The topological polar surface area (TPSA) is 58.2 Å². The van der Waals surface area contributed by atoms with Gasteiger partial charge in [0, 0.05) is 16.8 Å². The summed E-state index contributed by atoms with van der Waals surface area (Å²) < 4.78 is 26.6. The third kappa shape index (κ3) is 5.04. The van der Waals surface area contributed by atoms with Crippen molar-refractivity contribution >= 4 is 17.5 Å². The molecule has 0 radical (unpaired) electrons. The third-order valence-corrected chi connectivity index (χ3v) is 4.56. The van der Waals surface area contributed by atoms with Crippen LogP contribution in [0.4, 0.5) is 14.5 Å². The summed E-state index contributed by atoms with van der Waals surface area (Å²) in [4.78, 5) is 24.5. The summed E-state index contributed by atoms with van der Waals surface area (Å²) in [6.07, 6.45) is 0. The summed E-state index contributed by atoms with van der Waals surface area (Å²) in [5.74, 6) is -1.55. The van der Waals surface area contributed by atoms with Gasteiger partial charge in [0.05, 0.1) is 6.04 Å². The quantitative estimate of drug-likeness (QED) is 0.639. The lowest BCUT2D eigenvalue weighted by atomic mass is 10.1. The fourth-order valence-electron chi connectivity index (χ4n) is 2.76. The number of hydrogen-bond donors (Lipinski definition) is 2. The first-order valence-electron chi connectivity index (χ1n) is 9.07. The minimum atomic E-state index is -0.424. The van der Waals surface area contributed by atoms with E-state index in [-0.39, 0.29) is 23.4 Å². The zero-order chi connectivity index (χ0) is 21.0. The van der Waals surface area contributed by atoms with Crippen molar-refractivity contribution in [1.29, 1.82) is 0 Å². The molecular formula is C23H20F2N2O2. The Morgan fingerprint density at radius 2 is 1.45 bits per heavy atom. The Labute approximate surface area is 167 Å². The molecule has 29 heavy (non-hydrogen) atoms. The Kier molecular flexibility index (Phi) is 6.02. The molecule has 148 valence electrons. The first-order valence-corrected chi connectivity index (χ1v) is 9.07. The van der Waals surface area contributed by atoms with Crippen LogP contribution >= 0.6 is 0 Å². The second kappa shape index (κ2) is 8.65. The van der Waals surface area contributed by atoms with Crippen LogP contribution in [0, 0.1) is 18.6 Å². The van der Waals surface area contributed by atoms with E-state index in [4.69, 9.17) is 0 Å². The van der Waals surface area contributed by atoms with Gasteiger partial charge in [-0.25, -0.2) is 8.78 Å². The highest BCUT2D eigenvalue weighted by Crippen LogP contribution is 2.18. The average molecular weight is 394 g/mol. The summed E-state index contributed by atoms with van der Waals surface area (Å²) in [6, 6.07) is 16.3. The van der Waals surface area contributed by atoms with E-state index in [0.717, 1.165) is 5.56 Å². The number of aryl methyl sites for hydroxylation is 1. The number of halogens is 2. The molecule has 2 N–H and O–H groups in total. The van der Waals surface area contributed by atoms with Gasteiger partial charge in [-0.2, -0.15) is 0 Å². The summed E-state index contributed by atoms with van der Waals surface area (Å²) in [7, 11) is 0. The van der Waals surface area contributed by atoms with E-state index in [0.29, 0.717) is 16.8 Å². The lowest BCUT2D eigenvalue weighted by molar-refractivity contribution is 0.0938. The number of anilines is 1. The maximum Gasteiger partial charge on any atom is 0.255 e. The van der Waals surface area contributed by atoms with Crippen molar-refractivity contribution in [1.82, 2.24) is 5.32 Å². The molecule has 1 unspecified atom stereocenters. The number of benzene rings is 3. The van der Waals surface area contributed by atoms with Gasteiger partial charge >= 0.3 is 0 Å². The number of rotatable bonds is 5. The Morgan fingerprint density at radius 1 is 0.828 bits per heavy atom. The number of carbonyl (C=O) groups excluding carboxylic acids is 2. The number of carbonyl (C=O) groups is 2. The zero-order valence-electron chi connectivity index (χ0n) is 16.0. The van der Waals surface area contributed by atoms with Crippen molar-refractivity contribution in [3.8, 4) is 0 Å². The predicted octanol–water partition coefficient (Wildman–Crippen LogP) is 5.02. The van der Waals surface area contributed by atoms with Gasteiger partial charge in [-0.15, -0.1) is 0 Å². The van der Waals surface area contributed by atoms with Gasteiger partial charge in [0.15, 0.2) is 0 Å². The summed E-state index contributed by atoms with van der Waals surface area (Å²) in [5, 5.41) is 5.55. The normalized spacial score (nSPS) is 11.6. The molecule has 0 aliphatic heterocycles. The molecular weight excluding hydrogens is 374 g/mol. The molecule has 3 rings (SSSR count). The second-order valence-corrected chi connectivity index (χ2v) is 6.74. The molecule has 0 saturated heterocycles. The van der Waals surface area contributed by atoms with E-state index in [1.54, 1.807) is 43.3 Å². The molecule has 3 aromatic carbocycles. The first kappa shape index (κ1) is 20.2. The largest absolute Gasteiger partial charge is 0.346 e. The van der Waals surface area contributed by atoms with Gasteiger partial charge in [0.25, 0.3) is 11.8 Å². The van der Waals surface area contributed by atoms with Crippen LogP contribution < -0.4 is 10.6 Å². The van der Waals surface area contributed by atoms with Crippen molar-refractivity contribution < 1.29 is 18.4 Å². The molecule has 4 nitrogen and oxygen atoms in total. The molecule has 0 saturated carbocycles. The van der Waals surface area contributed by atoms with E-state index in [1.807, 2.05) is 6.92 Å². The van der Waals surface area contributed by atoms with Crippen LogP contribution in [-0.2, 0) is 0 Å². The molecule has 0 aliphatic carbocycles. The van der Waals surface area contributed by atoms with Gasteiger partial charge in [-0.1, -0.05) is 18.2 Å². The Hall–Kier alpha value is -3.54. The maximum absolute atomic E-state index is 13.7. The highest BCUT2D eigenvalue weighted by atomic mass is 19.1. The smallest absolute Gasteiger partial charge is 0.255 e. The SMILES string of the molecule is Cc1ccc(C(=O)NC(C)c2ccc(NC(=O)c3ccc(F)cc3)cc2)cc1F. The van der Waals surface area contributed by atoms with E-state index in [2.05, 4.69) is 10.6 Å². The van der Waals surface area contributed by atoms with Crippen molar-refractivity contribution in [2.75, 3.05) is 5.32 Å². The highest BCUT2D eigenvalue weighted by molar-refractivity contribution is 6.04. The molecule has 1 atom stereocenters. The van der Waals surface area contributed by atoms with Crippen molar-refractivity contribution in [3.05, 3.63) is 101 Å². The number of hydrogen-bond acceptors (Lipinski definition) is 2. The molecule has 2 amide bonds. The lowest BCUT2D eigenvalue weighted by Gasteiger charge is -2.15. The van der Waals surface area contributed by atoms with Gasteiger partial charge in [0.2, 0.25) is 0 Å². The second-order valence-electron chi connectivity index (χ2n) is 6.74. The third-order valence-electron chi connectivity index (χ3n) is 4.56. The van der Waals surface area contributed by atoms with Crippen LogP contribution in [0.5, 0.6) is 0 Å². The Morgan fingerprint density at radius 3 is 2.07 bits per heavy atom. The minimum Gasteiger partial charge on any atom is -0.346 e. The molecule has 0 aromatic heterocycles. The Bertz CT molecular complexity index is 1030. The molecule has 6 heteroatoms. The van der Waals surface area contributed by atoms with Crippen LogP contribution in [-0.4, -0.2) is 11.8 Å². The Balaban J connectivity index is 1.62. The van der Waals surface area contributed by atoms with Crippen LogP contribution in [0.2, 0.25) is 0 Å². The van der Waals surface area contributed by atoms with Crippen LogP contribution in [0.1, 0.15) is 44.8 Å². The van der Waals surface area contributed by atoms with Crippen molar-refractivity contribution in [2.45, 2.75) is 19.9 Å². The standard InChI is InChI=1S/C23H20F2N2O2/c1-14-3-4-18(13-21(14)25)23(29)26-15(2)16-7-11-20(12-8-16)27-22(28)17-5-9-19(24)10-6-17/h3-13,15H,1-2H3,(H,26,29)(H,27,28). The summed E-state index contributed by atoms with van der Waals surface area (Å²) >= 11 is 0. The fraction of sp³-hybridized carbons (Fsp3) is 0.130. The average Bonchev–Trinajstić information content (AvgIpc) is 2.71. The highest BCUT2D eigenvalue weighted by Gasteiger charge is 2.13. The number of amides is 2. The molecule has 0 spiro atoms. The van der Waals surface area contributed by atoms with Gasteiger partial charge in [0.1, 0.15) is 11.6 Å². The van der Waals surface area contributed by atoms with Crippen LogP contribution in [0.3, 0.4) is 0 Å². The van der Waals surface area contributed by atoms with Crippen LogP contribution in [0.25, 0.3) is 0 Å². The van der Waals surface area contributed by atoms with E-state index < -0.39 is 11.6 Å². The van der Waals surface area contributed by atoms with Gasteiger partial charge in [-0.05, 0) is 73.5 Å². The zero-order valence-corrected chi connectivity index (χ0v) is 16.0. The molecule has 0 aliphatic rings. The molecule has 0 fully saturated rings. The summed E-state index contributed by atoms with van der Waals surface area (Å²) in [6.45, 7) is 3.45. The van der Waals surface area contributed by atoms with E-state index >= 15 is 0 Å². The molecule has 0 bridgehead atoms. The van der Waals surface area contributed by atoms with Gasteiger partial charge in [-0.3, -0.25) is 9.59 Å². The van der Waals surface area contributed by atoms with Crippen LogP contribution in [0.15, 0.2) is 66.7 Å². The maximum atomic E-state index is 13.7. The minimum absolute atomic E-state index is 0.253. The van der Waals surface area contributed by atoms with Crippen molar-refractivity contribution in [2.24, 2.45) is 0 Å². The predicted molar refractivity (Wildman–Crippen MR) is 108 cm³/mol. The molecule has 3 aromatic rings. The lowest BCUT2D eigenvalue weighted by Crippen LogP contribution is -2.26. The first-order chi connectivity index (χ1) is 13.8. The van der Waals surface area contributed by atoms with Gasteiger partial charge < -0.3 is 10.6 Å². The van der Waals surface area contributed by atoms with E-state index in [1.165, 1.54) is 30.3 Å². The number of nitrogens with one attached hydrogen (secondary N) is 2. The molecule has 0 heterocycles. The van der Waals surface area contributed by atoms with E-state index in [9.17, 15) is 18.4 Å².